The van der Waals surface area contributed by atoms with E-state index in [4.69, 9.17) is 4.78 Å². The molecule has 1 heterocycles. The summed E-state index contributed by atoms with van der Waals surface area (Å²) in [7, 11) is -3.06. The highest BCUT2D eigenvalue weighted by atomic mass is 32.2. The lowest BCUT2D eigenvalue weighted by atomic mass is 10.1. The number of benzene rings is 1. The number of nitrogens with one attached hydrogen (secondary N) is 1. The molecule has 2 aromatic rings. The van der Waals surface area contributed by atoms with Crippen LogP contribution in [0, 0.1) is 10.6 Å². The molecule has 2 atom stereocenters. The van der Waals surface area contributed by atoms with Gasteiger partial charge in [0.2, 0.25) is 0 Å². The van der Waals surface area contributed by atoms with Gasteiger partial charge in [-0.2, -0.15) is 13.2 Å². The molecule has 1 aromatic heterocycles. The molecule has 0 aliphatic heterocycles. The molecule has 124 valence electrons. The van der Waals surface area contributed by atoms with Crippen molar-refractivity contribution < 1.29 is 21.8 Å². The lowest BCUT2D eigenvalue weighted by Gasteiger charge is -2.31. The first-order valence-electron chi connectivity index (χ1n) is 6.23. The molecule has 23 heavy (non-hydrogen) atoms. The van der Waals surface area contributed by atoms with Crippen molar-refractivity contribution in [2.24, 2.45) is 0 Å². The average Bonchev–Trinajstić information content (AvgIpc) is 2.49. The van der Waals surface area contributed by atoms with Gasteiger partial charge in [0.05, 0.1) is 4.90 Å². The van der Waals surface area contributed by atoms with Gasteiger partial charge in [-0.3, -0.25) is 0 Å². The van der Waals surface area contributed by atoms with Gasteiger partial charge in [0.1, 0.15) is 28.1 Å². The number of rotatable bonds is 4. The van der Waals surface area contributed by atoms with Crippen molar-refractivity contribution in [1.29, 1.82) is 4.78 Å². The van der Waals surface area contributed by atoms with Crippen molar-refractivity contribution in [1.82, 2.24) is 14.3 Å². The fraction of sp³-hybridized carbons (Fsp3) is 0.231. The molecule has 0 saturated heterocycles. The zero-order chi connectivity index (χ0) is 17.3. The molecule has 2 unspecified atom stereocenters. The molecule has 1 N–H and O–H groups in total. The Bertz CT molecular complexity index is 763. The minimum absolute atomic E-state index is 0.251. The molecule has 1 aromatic carbocycles. The monoisotopic (exact) mass is 348 g/mol. The van der Waals surface area contributed by atoms with E-state index >= 15 is 0 Å². The van der Waals surface area contributed by atoms with Gasteiger partial charge in [0, 0.05) is 19.4 Å². The second-order valence-corrected chi connectivity index (χ2v) is 6.74. The van der Waals surface area contributed by atoms with E-state index in [0.29, 0.717) is 4.31 Å². The molecule has 0 spiro atoms. The van der Waals surface area contributed by atoms with Gasteiger partial charge in [0.15, 0.2) is 0 Å². The third kappa shape index (κ3) is 3.64. The summed E-state index contributed by atoms with van der Waals surface area (Å²) in [5.41, 5.74) is -0.321. The van der Waals surface area contributed by atoms with E-state index in [1.807, 2.05) is 0 Å². The molecule has 0 radical (unpaired) electrons. The van der Waals surface area contributed by atoms with Crippen molar-refractivity contribution in [3.63, 3.8) is 0 Å². The third-order valence-electron chi connectivity index (χ3n) is 3.12. The largest absolute Gasteiger partial charge is 0.409 e. The van der Waals surface area contributed by atoms with Gasteiger partial charge in [-0.1, -0.05) is 12.1 Å². The second kappa shape index (κ2) is 6.20. The minimum Gasteiger partial charge on any atom is -0.243 e. The third-order valence-corrected chi connectivity index (χ3v) is 4.99. The quantitative estimate of drug-likeness (QED) is 0.863. The fourth-order valence-electron chi connectivity index (χ4n) is 1.99. The number of alkyl halides is 3. The van der Waals surface area contributed by atoms with Crippen LogP contribution < -0.4 is 0 Å². The summed E-state index contributed by atoms with van der Waals surface area (Å²) in [4.78, 5) is 6.89. The Hall–Kier alpha value is -2.07. The molecule has 10 heteroatoms. The molecule has 5 nitrogen and oxygen atoms in total. The Morgan fingerprint density at radius 2 is 1.70 bits per heavy atom. The number of hydrogen-bond donors (Lipinski definition) is 1. The summed E-state index contributed by atoms with van der Waals surface area (Å²) < 4.78 is 74.0. The van der Waals surface area contributed by atoms with Gasteiger partial charge < -0.3 is 0 Å². The second-order valence-electron chi connectivity index (χ2n) is 4.64. The maximum atomic E-state index is 13.4. The van der Waals surface area contributed by atoms with Crippen molar-refractivity contribution in [2.75, 3.05) is 7.05 Å². The van der Waals surface area contributed by atoms with E-state index in [9.17, 15) is 21.8 Å². The van der Waals surface area contributed by atoms with Crippen LogP contribution in [0.4, 0.5) is 17.6 Å². The minimum atomic E-state index is -4.81. The Kier molecular flexibility index (Phi) is 4.66. The van der Waals surface area contributed by atoms with Gasteiger partial charge in [-0.15, -0.1) is 0 Å². The zero-order valence-corrected chi connectivity index (χ0v) is 12.6. The first kappa shape index (κ1) is 17.3. The standard InChI is InChI=1S/C13H12F4N4OS/c1-21(23(18,22)11-6-19-8-20-7-11)12(13(15,16)17)9-2-4-10(14)5-3-9/h2-8,12,18H,1H3. The van der Waals surface area contributed by atoms with Crippen LogP contribution in [0.5, 0.6) is 0 Å². The lowest BCUT2D eigenvalue weighted by Crippen LogP contribution is -2.39. The zero-order valence-electron chi connectivity index (χ0n) is 11.8. The molecule has 2 rings (SSSR count). The number of aromatic nitrogens is 2. The maximum Gasteiger partial charge on any atom is 0.409 e. The molecule has 0 saturated carbocycles. The van der Waals surface area contributed by atoms with E-state index in [2.05, 4.69) is 9.97 Å². The number of hydrogen-bond acceptors (Lipinski definition) is 4. The molecule has 0 bridgehead atoms. The van der Waals surface area contributed by atoms with E-state index in [-0.39, 0.29) is 10.5 Å². The predicted octanol–water partition coefficient (Wildman–Crippen LogP) is 3.17. The van der Waals surface area contributed by atoms with Crippen LogP contribution >= 0.6 is 0 Å². The topological polar surface area (TPSA) is 69.9 Å². The van der Waals surface area contributed by atoms with Crippen molar-refractivity contribution in [2.45, 2.75) is 17.1 Å². The SMILES string of the molecule is CN(C(c1ccc(F)cc1)C(F)(F)F)S(=N)(=O)c1cncnc1. The molecular formula is C13H12F4N4OS. The van der Waals surface area contributed by atoms with Crippen LogP contribution in [0.3, 0.4) is 0 Å². The molecule has 0 aliphatic rings. The van der Waals surface area contributed by atoms with Crippen LogP contribution in [0.1, 0.15) is 11.6 Å². The molecule has 0 aliphatic carbocycles. The van der Waals surface area contributed by atoms with Crippen molar-refractivity contribution >= 4 is 9.92 Å². The van der Waals surface area contributed by atoms with E-state index in [1.165, 1.54) is 0 Å². The first-order valence-corrected chi connectivity index (χ1v) is 7.74. The predicted molar refractivity (Wildman–Crippen MR) is 74.1 cm³/mol. The molecular weight excluding hydrogens is 336 g/mol. The Morgan fingerprint density at radius 1 is 1.17 bits per heavy atom. The van der Waals surface area contributed by atoms with Crippen LogP contribution in [0.2, 0.25) is 0 Å². The lowest BCUT2D eigenvalue weighted by molar-refractivity contribution is -0.170. The summed E-state index contributed by atoms with van der Waals surface area (Å²) in [6, 6.07) is 1.30. The summed E-state index contributed by atoms with van der Waals surface area (Å²) in [5, 5.41) is 0. The van der Waals surface area contributed by atoms with Crippen LogP contribution in [0.15, 0.2) is 47.9 Å². The van der Waals surface area contributed by atoms with E-state index in [0.717, 1.165) is 50.0 Å². The van der Waals surface area contributed by atoms with Crippen LogP contribution in [-0.4, -0.2) is 31.7 Å². The first-order chi connectivity index (χ1) is 10.6. The Labute approximate surface area is 130 Å². The van der Waals surface area contributed by atoms with Gasteiger partial charge in [0.25, 0.3) is 0 Å². The highest BCUT2D eigenvalue weighted by molar-refractivity contribution is 7.90. The van der Waals surface area contributed by atoms with Crippen molar-refractivity contribution in [3.8, 4) is 0 Å². The Morgan fingerprint density at radius 3 is 2.17 bits per heavy atom. The fourth-order valence-corrected chi connectivity index (χ4v) is 3.27. The summed E-state index contributed by atoms with van der Waals surface area (Å²) in [6.45, 7) is 0. The van der Waals surface area contributed by atoms with Gasteiger partial charge >= 0.3 is 6.18 Å². The maximum absolute atomic E-state index is 13.4. The van der Waals surface area contributed by atoms with Crippen LogP contribution in [-0.2, 0) is 9.92 Å². The van der Waals surface area contributed by atoms with Crippen LogP contribution in [0.25, 0.3) is 0 Å². The summed E-state index contributed by atoms with van der Waals surface area (Å²) in [5.74, 6) is -0.694. The number of halogens is 4. The smallest absolute Gasteiger partial charge is 0.243 e. The van der Waals surface area contributed by atoms with Gasteiger partial charge in [-0.05, 0) is 17.7 Å². The number of nitrogens with zero attached hydrogens (tertiary/aromatic N) is 3. The molecule has 0 fully saturated rings. The summed E-state index contributed by atoms with van der Waals surface area (Å²) >= 11 is 0. The van der Waals surface area contributed by atoms with Crippen molar-refractivity contribution in [3.05, 3.63) is 54.4 Å². The van der Waals surface area contributed by atoms with Gasteiger partial charge in [-0.25, -0.2) is 27.7 Å². The summed E-state index contributed by atoms with van der Waals surface area (Å²) in [6.07, 6.45) is -1.65. The highest BCUT2D eigenvalue weighted by Gasteiger charge is 2.46. The highest BCUT2D eigenvalue weighted by Crippen LogP contribution is 2.39. The van der Waals surface area contributed by atoms with E-state index in [1.54, 1.807) is 0 Å². The Balaban J connectivity index is 2.50. The average molecular weight is 348 g/mol. The normalized spacial score (nSPS) is 16.1. The molecule has 0 amide bonds. The van der Waals surface area contributed by atoms with E-state index < -0.39 is 28.0 Å².